The van der Waals surface area contributed by atoms with Gasteiger partial charge in [-0.05, 0) is 38.0 Å². The fraction of sp³-hybridized carbons (Fsp3) is 0.500. The molecule has 0 radical (unpaired) electrons. The van der Waals surface area contributed by atoms with Gasteiger partial charge in [0.25, 0.3) is 0 Å². The highest BCUT2D eigenvalue weighted by Crippen LogP contribution is 2.36. The van der Waals surface area contributed by atoms with Crippen molar-refractivity contribution in [2.45, 2.75) is 39.7 Å². The molecule has 0 aliphatic carbocycles. The van der Waals surface area contributed by atoms with Crippen LogP contribution in [0.3, 0.4) is 0 Å². The van der Waals surface area contributed by atoms with Gasteiger partial charge in [0.05, 0.1) is 16.9 Å². The van der Waals surface area contributed by atoms with Crippen molar-refractivity contribution in [1.82, 2.24) is 0 Å². The predicted octanol–water partition coefficient (Wildman–Crippen LogP) is 2.81. The summed E-state index contributed by atoms with van der Waals surface area (Å²) in [5, 5.41) is 3.42. The first-order valence-electron chi connectivity index (χ1n) is 6.13. The molecule has 1 heterocycles. The third-order valence-corrected chi connectivity index (χ3v) is 3.34. The maximum Gasteiger partial charge on any atom is 0.224 e. The first-order chi connectivity index (χ1) is 7.95. The van der Waals surface area contributed by atoms with Crippen LogP contribution in [0, 0.1) is 0 Å². The molecule has 1 aromatic rings. The summed E-state index contributed by atoms with van der Waals surface area (Å²) in [5.74, 6) is 0.0991. The van der Waals surface area contributed by atoms with Crippen LogP contribution < -0.4 is 10.2 Å². The van der Waals surface area contributed by atoms with E-state index in [2.05, 4.69) is 38.2 Å². The van der Waals surface area contributed by atoms with Crippen molar-refractivity contribution >= 4 is 17.3 Å². The van der Waals surface area contributed by atoms with Crippen molar-refractivity contribution in [3.8, 4) is 0 Å². The molecule has 17 heavy (non-hydrogen) atoms. The van der Waals surface area contributed by atoms with Gasteiger partial charge in [-0.1, -0.05) is 13.0 Å². The minimum Gasteiger partial charge on any atom is -0.381 e. The fourth-order valence-electron chi connectivity index (χ4n) is 2.45. The molecule has 0 unspecified atom stereocenters. The van der Waals surface area contributed by atoms with Crippen LogP contribution in [0.4, 0.5) is 11.4 Å². The van der Waals surface area contributed by atoms with E-state index < -0.39 is 0 Å². The van der Waals surface area contributed by atoms with E-state index in [0.29, 0.717) is 0 Å². The average molecular weight is 232 g/mol. The van der Waals surface area contributed by atoms with Crippen LogP contribution in [0.5, 0.6) is 0 Å². The Balaban J connectivity index is 2.50. The van der Waals surface area contributed by atoms with E-state index in [1.165, 1.54) is 5.56 Å². The van der Waals surface area contributed by atoms with Crippen molar-refractivity contribution in [1.29, 1.82) is 0 Å². The predicted molar refractivity (Wildman–Crippen MR) is 71.5 cm³/mol. The fourth-order valence-corrected chi connectivity index (χ4v) is 2.45. The number of hydrogen-bond donors (Lipinski definition) is 1. The molecule has 0 saturated heterocycles. The third-order valence-electron chi connectivity index (χ3n) is 3.34. The second-order valence-corrected chi connectivity index (χ2v) is 5.23. The van der Waals surface area contributed by atoms with Crippen LogP contribution in [0.25, 0.3) is 0 Å². The smallest absolute Gasteiger partial charge is 0.224 e. The summed E-state index contributed by atoms with van der Waals surface area (Å²) in [6.45, 7) is 8.71. The summed E-state index contributed by atoms with van der Waals surface area (Å²) in [6, 6.07) is 6.28. The Labute approximate surface area is 103 Å². The second-order valence-electron chi connectivity index (χ2n) is 5.23. The van der Waals surface area contributed by atoms with Gasteiger partial charge in [0, 0.05) is 13.5 Å². The van der Waals surface area contributed by atoms with Crippen LogP contribution in [0.2, 0.25) is 0 Å². The van der Waals surface area contributed by atoms with Crippen molar-refractivity contribution in [3.63, 3.8) is 0 Å². The first-order valence-corrected chi connectivity index (χ1v) is 6.13. The van der Waals surface area contributed by atoms with Gasteiger partial charge in [0.1, 0.15) is 0 Å². The van der Waals surface area contributed by atoms with E-state index >= 15 is 0 Å². The number of carbonyl (C=O) groups excluding carboxylic acids is 1. The zero-order valence-corrected chi connectivity index (χ0v) is 11.0. The van der Waals surface area contributed by atoms with Gasteiger partial charge in [-0.3, -0.25) is 4.79 Å². The second kappa shape index (κ2) is 4.06. The lowest BCUT2D eigenvalue weighted by atomic mass is 9.96. The Hall–Kier alpha value is -1.51. The highest BCUT2D eigenvalue weighted by Gasteiger charge is 2.35. The molecule has 1 amide bonds. The number of amides is 1. The largest absolute Gasteiger partial charge is 0.381 e. The molecule has 0 saturated carbocycles. The molecule has 1 aromatic carbocycles. The number of nitrogens with zero attached hydrogens (tertiary/aromatic N) is 1. The van der Waals surface area contributed by atoms with Gasteiger partial charge in [-0.2, -0.15) is 0 Å². The standard InChI is InChI=1S/C14H20N2O/c1-5-11-6-7-13-12(8-11)15-9-14(3,4)16(13)10(2)17/h6-8,15H,5,9H2,1-4H3. The molecule has 0 bridgehead atoms. The van der Waals surface area contributed by atoms with Crippen LogP contribution >= 0.6 is 0 Å². The topological polar surface area (TPSA) is 32.3 Å². The van der Waals surface area contributed by atoms with E-state index in [1.54, 1.807) is 6.92 Å². The molecule has 1 N–H and O–H groups in total. The zero-order valence-electron chi connectivity index (χ0n) is 11.0. The van der Waals surface area contributed by atoms with Crippen LogP contribution in [-0.2, 0) is 11.2 Å². The van der Waals surface area contributed by atoms with Gasteiger partial charge in [-0.15, -0.1) is 0 Å². The normalized spacial score (nSPS) is 17.3. The molecule has 0 aromatic heterocycles. The summed E-state index contributed by atoms with van der Waals surface area (Å²) in [5.41, 5.74) is 3.18. The number of anilines is 2. The van der Waals surface area contributed by atoms with Crippen LogP contribution in [-0.4, -0.2) is 18.0 Å². The van der Waals surface area contributed by atoms with Gasteiger partial charge in [0.15, 0.2) is 0 Å². The maximum absolute atomic E-state index is 11.8. The van der Waals surface area contributed by atoms with E-state index in [0.717, 1.165) is 24.3 Å². The Kier molecular flexibility index (Phi) is 2.86. The molecule has 1 aliphatic heterocycles. The Bertz CT molecular complexity index is 452. The van der Waals surface area contributed by atoms with Gasteiger partial charge in [-0.25, -0.2) is 0 Å². The molecule has 0 spiro atoms. The molecule has 0 atom stereocenters. The summed E-state index contributed by atoms with van der Waals surface area (Å²) >= 11 is 0. The SMILES string of the molecule is CCc1ccc2c(c1)NCC(C)(C)N2C(C)=O. The van der Waals surface area contributed by atoms with Gasteiger partial charge >= 0.3 is 0 Å². The number of nitrogens with one attached hydrogen (secondary N) is 1. The Morgan fingerprint density at radius 2 is 2.18 bits per heavy atom. The van der Waals surface area contributed by atoms with Crippen molar-refractivity contribution in [2.75, 3.05) is 16.8 Å². The highest BCUT2D eigenvalue weighted by molar-refractivity contribution is 5.97. The molecule has 0 fully saturated rings. The van der Waals surface area contributed by atoms with Crippen molar-refractivity contribution in [2.24, 2.45) is 0 Å². The quantitative estimate of drug-likeness (QED) is 0.807. The highest BCUT2D eigenvalue weighted by atomic mass is 16.2. The van der Waals surface area contributed by atoms with E-state index in [-0.39, 0.29) is 11.4 Å². The van der Waals surface area contributed by atoms with Gasteiger partial charge < -0.3 is 10.2 Å². The molecule has 92 valence electrons. The third kappa shape index (κ3) is 2.02. The number of carbonyl (C=O) groups is 1. The van der Waals surface area contributed by atoms with Crippen LogP contribution in [0.15, 0.2) is 18.2 Å². The van der Waals surface area contributed by atoms with Crippen molar-refractivity contribution < 1.29 is 4.79 Å². The lowest BCUT2D eigenvalue weighted by Gasteiger charge is -2.43. The van der Waals surface area contributed by atoms with Crippen molar-refractivity contribution in [3.05, 3.63) is 23.8 Å². The van der Waals surface area contributed by atoms with E-state index in [9.17, 15) is 4.79 Å². The Morgan fingerprint density at radius 3 is 2.76 bits per heavy atom. The summed E-state index contributed by atoms with van der Waals surface area (Å²) in [7, 11) is 0. The maximum atomic E-state index is 11.8. The minimum absolute atomic E-state index is 0.0991. The average Bonchev–Trinajstić information content (AvgIpc) is 2.26. The summed E-state index contributed by atoms with van der Waals surface area (Å²) in [4.78, 5) is 13.7. The van der Waals surface area contributed by atoms with Gasteiger partial charge in [0.2, 0.25) is 5.91 Å². The zero-order chi connectivity index (χ0) is 12.6. The van der Waals surface area contributed by atoms with E-state index in [1.807, 2.05) is 11.0 Å². The molecular weight excluding hydrogens is 212 g/mol. The number of hydrogen-bond acceptors (Lipinski definition) is 2. The number of benzene rings is 1. The number of fused-ring (bicyclic) bond motifs is 1. The van der Waals surface area contributed by atoms with E-state index in [4.69, 9.17) is 0 Å². The summed E-state index contributed by atoms with van der Waals surface area (Å²) < 4.78 is 0. The number of rotatable bonds is 1. The molecular formula is C14H20N2O. The minimum atomic E-state index is -0.174. The molecule has 3 heteroatoms. The molecule has 2 rings (SSSR count). The molecule has 3 nitrogen and oxygen atoms in total. The Morgan fingerprint density at radius 1 is 1.47 bits per heavy atom. The lowest BCUT2D eigenvalue weighted by Crippen LogP contribution is -2.54. The number of aryl methyl sites for hydroxylation is 1. The monoisotopic (exact) mass is 232 g/mol. The lowest BCUT2D eigenvalue weighted by molar-refractivity contribution is -0.117. The van der Waals surface area contributed by atoms with Crippen LogP contribution in [0.1, 0.15) is 33.3 Å². The summed E-state index contributed by atoms with van der Waals surface area (Å²) in [6.07, 6.45) is 1.01. The molecule has 1 aliphatic rings. The first kappa shape index (κ1) is 12.0.